The molecule has 3 aliphatic rings. The first-order chi connectivity index (χ1) is 9.50. The van der Waals surface area contributed by atoms with Crippen LogP contribution in [0.2, 0.25) is 0 Å². The maximum absolute atomic E-state index is 12.4. The van der Waals surface area contributed by atoms with Crippen molar-refractivity contribution in [3.63, 3.8) is 0 Å². The number of primary amides is 1. The summed E-state index contributed by atoms with van der Waals surface area (Å²) in [6.45, 7) is 1.37. The van der Waals surface area contributed by atoms with Crippen molar-refractivity contribution in [2.45, 2.75) is 49.8 Å². The molecule has 2 atom stereocenters. The number of likely N-dealkylation sites (tertiary alicyclic amines) is 1. The van der Waals surface area contributed by atoms with Crippen LogP contribution < -0.4 is 5.73 Å². The van der Waals surface area contributed by atoms with E-state index in [2.05, 4.69) is 0 Å². The monoisotopic (exact) mass is 298 g/mol. The third-order valence-corrected chi connectivity index (χ3v) is 5.94. The highest BCUT2D eigenvalue weighted by Gasteiger charge is 2.48. The summed E-state index contributed by atoms with van der Waals surface area (Å²) in [5.41, 5.74) is 5.49. The standard InChI is InChI=1S/C15H23ClN2O2/c16-15(5-6-15)7-8-18-9-11(10-3-1-2-4-10)12(13(17)19)14(18)20/h10-12H,1-9H2,(H2,17,19). The molecule has 2 N–H and O–H groups in total. The van der Waals surface area contributed by atoms with E-state index in [0.717, 1.165) is 32.1 Å². The Bertz CT molecular complexity index is 416. The molecule has 0 aromatic carbocycles. The van der Waals surface area contributed by atoms with Gasteiger partial charge in [-0.2, -0.15) is 0 Å². The average Bonchev–Trinajstić information content (AvgIpc) is 2.82. The van der Waals surface area contributed by atoms with E-state index in [0.29, 0.717) is 19.0 Å². The first-order valence-electron chi connectivity index (χ1n) is 7.77. The van der Waals surface area contributed by atoms with Crippen molar-refractivity contribution >= 4 is 23.4 Å². The fourth-order valence-electron chi connectivity index (χ4n) is 3.89. The topological polar surface area (TPSA) is 63.4 Å². The van der Waals surface area contributed by atoms with Gasteiger partial charge in [0.2, 0.25) is 11.8 Å². The minimum Gasteiger partial charge on any atom is -0.369 e. The first kappa shape index (κ1) is 14.2. The van der Waals surface area contributed by atoms with Gasteiger partial charge < -0.3 is 10.6 Å². The minimum absolute atomic E-state index is 0.0599. The summed E-state index contributed by atoms with van der Waals surface area (Å²) < 4.78 is 0. The lowest BCUT2D eigenvalue weighted by Crippen LogP contribution is -2.36. The number of amides is 2. The molecular formula is C15H23ClN2O2. The van der Waals surface area contributed by atoms with Crippen LogP contribution in [0.25, 0.3) is 0 Å². The van der Waals surface area contributed by atoms with E-state index in [1.54, 1.807) is 0 Å². The molecule has 1 saturated heterocycles. The SMILES string of the molecule is NC(=O)C1C(=O)N(CCC2(Cl)CC2)CC1C1CCCC1. The Hall–Kier alpha value is -0.770. The zero-order valence-corrected chi connectivity index (χ0v) is 12.6. The summed E-state index contributed by atoms with van der Waals surface area (Å²) in [6.07, 6.45) is 7.62. The Morgan fingerprint density at radius 2 is 2.00 bits per heavy atom. The predicted molar refractivity (Wildman–Crippen MR) is 77.1 cm³/mol. The Balaban J connectivity index is 1.67. The molecule has 2 unspecified atom stereocenters. The molecule has 0 aromatic heterocycles. The zero-order valence-electron chi connectivity index (χ0n) is 11.8. The molecule has 0 radical (unpaired) electrons. The van der Waals surface area contributed by atoms with Gasteiger partial charge >= 0.3 is 0 Å². The van der Waals surface area contributed by atoms with E-state index in [-0.39, 0.29) is 16.7 Å². The summed E-state index contributed by atoms with van der Waals surface area (Å²) in [5, 5.41) is 0. The lowest BCUT2D eigenvalue weighted by molar-refractivity contribution is -0.137. The third kappa shape index (κ3) is 2.67. The molecule has 3 fully saturated rings. The maximum Gasteiger partial charge on any atom is 0.235 e. The summed E-state index contributed by atoms with van der Waals surface area (Å²) in [4.78, 5) is 25.9. The number of rotatable bonds is 5. The Morgan fingerprint density at radius 1 is 1.35 bits per heavy atom. The molecule has 2 aliphatic carbocycles. The average molecular weight is 299 g/mol. The van der Waals surface area contributed by atoms with Crippen molar-refractivity contribution in [2.24, 2.45) is 23.5 Å². The number of nitrogens with zero attached hydrogens (tertiary/aromatic N) is 1. The lowest BCUT2D eigenvalue weighted by atomic mass is 9.82. The van der Waals surface area contributed by atoms with Gasteiger partial charge in [0, 0.05) is 18.0 Å². The fraction of sp³-hybridized carbons (Fsp3) is 0.867. The third-order valence-electron chi connectivity index (χ3n) is 5.37. The Morgan fingerprint density at radius 3 is 2.55 bits per heavy atom. The van der Waals surface area contributed by atoms with Crippen molar-refractivity contribution in [2.75, 3.05) is 13.1 Å². The van der Waals surface area contributed by atoms with E-state index in [9.17, 15) is 9.59 Å². The summed E-state index contributed by atoms with van der Waals surface area (Å²) in [6, 6.07) is 0. The van der Waals surface area contributed by atoms with Gasteiger partial charge in [0.1, 0.15) is 5.92 Å². The maximum atomic E-state index is 12.4. The number of alkyl halides is 1. The van der Waals surface area contributed by atoms with Crippen LogP contribution in [0.1, 0.15) is 44.9 Å². The van der Waals surface area contributed by atoms with E-state index in [4.69, 9.17) is 17.3 Å². The molecule has 1 heterocycles. The highest BCUT2D eigenvalue weighted by Crippen LogP contribution is 2.46. The first-order valence-corrected chi connectivity index (χ1v) is 8.15. The molecule has 1 aliphatic heterocycles. The van der Waals surface area contributed by atoms with Crippen LogP contribution in [-0.4, -0.2) is 34.7 Å². The largest absolute Gasteiger partial charge is 0.369 e. The van der Waals surface area contributed by atoms with Gasteiger partial charge in [-0.05, 0) is 31.1 Å². The van der Waals surface area contributed by atoms with Crippen LogP contribution >= 0.6 is 11.6 Å². The molecule has 112 valence electrons. The highest BCUT2D eigenvalue weighted by atomic mass is 35.5. The van der Waals surface area contributed by atoms with Gasteiger partial charge in [-0.25, -0.2) is 0 Å². The van der Waals surface area contributed by atoms with Gasteiger partial charge in [0.25, 0.3) is 0 Å². The Labute approximate surface area is 125 Å². The van der Waals surface area contributed by atoms with Crippen molar-refractivity contribution in [1.82, 2.24) is 4.90 Å². The number of carbonyl (C=O) groups excluding carboxylic acids is 2. The van der Waals surface area contributed by atoms with Gasteiger partial charge in [0.05, 0.1) is 0 Å². The van der Waals surface area contributed by atoms with Gasteiger partial charge in [-0.1, -0.05) is 25.7 Å². The molecule has 0 aromatic rings. The van der Waals surface area contributed by atoms with Gasteiger partial charge in [0.15, 0.2) is 0 Å². The van der Waals surface area contributed by atoms with E-state index in [1.807, 2.05) is 4.90 Å². The Kier molecular flexibility index (Phi) is 3.69. The van der Waals surface area contributed by atoms with Crippen molar-refractivity contribution in [1.29, 1.82) is 0 Å². The number of carbonyl (C=O) groups is 2. The summed E-state index contributed by atoms with van der Waals surface area (Å²) in [7, 11) is 0. The van der Waals surface area contributed by atoms with Crippen LogP contribution in [0.3, 0.4) is 0 Å². The number of halogens is 1. The summed E-state index contributed by atoms with van der Waals surface area (Å²) in [5.74, 6) is -0.472. The molecule has 4 nitrogen and oxygen atoms in total. The predicted octanol–water partition coefficient (Wildman–Crippen LogP) is 1.90. The van der Waals surface area contributed by atoms with Crippen LogP contribution in [0.15, 0.2) is 0 Å². The van der Waals surface area contributed by atoms with Crippen molar-refractivity contribution in [3.05, 3.63) is 0 Å². The van der Waals surface area contributed by atoms with Gasteiger partial charge in [-0.15, -0.1) is 11.6 Å². The van der Waals surface area contributed by atoms with Crippen LogP contribution in [0.4, 0.5) is 0 Å². The van der Waals surface area contributed by atoms with Crippen LogP contribution in [0, 0.1) is 17.8 Å². The smallest absolute Gasteiger partial charge is 0.235 e. The van der Waals surface area contributed by atoms with Crippen molar-refractivity contribution in [3.8, 4) is 0 Å². The molecule has 20 heavy (non-hydrogen) atoms. The fourth-order valence-corrected chi connectivity index (χ4v) is 4.07. The van der Waals surface area contributed by atoms with Crippen LogP contribution in [0.5, 0.6) is 0 Å². The van der Waals surface area contributed by atoms with Crippen molar-refractivity contribution < 1.29 is 9.59 Å². The molecule has 2 saturated carbocycles. The quantitative estimate of drug-likeness (QED) is 0.622. The molecule has 0 bridgehead atoms. The van der Waals surface area contributed by atoms with E-state index in [1.165, 1.54) is 12.8 Å². The second-order valence-corrected chi connectivity index (χ2v) is 7.58. The number of nitrogens with two attached hydrogens (primary N) is 1. The van der Waals surface area contributed by atoms with Crippen LogP contribution in [-0.2, 0) is 9.59 Å². The van der Waals surface area contributed by atoms with E-state index >= 15 is 0 Å². The molecular weight excluding hydrogens is 276 g/mol. The molecule has 3 rings (SSSR count). The second-order valence-electron chi connectivity index (χ2n) is 6.77. The number of hydrogen-bond donors (Lipinski definition) is 1. The van der Waals surface area contributed by atoms with Gasteiger partial charge in [-0.3, -0.25) is 9.59 Å². The summed E-state index contributed by atoms with van der Waals surface area (Å²) >= 11 is 6.30. The minimum atomic E-state index is -0.594. The van der Waals surface area contributed by atoms with E-state index < -0.39 is 11.8 Å². The normalized spacial score (nSPS) is 32.9. The highest BCUT2D eigenvalue weighted by molar-refractivity contribution is 6.25. The second kappa shape index (κ2) is 5.21. The molecule has 2 amide bonds. The number of hydrogen-bond acceptors (Lipinski definition) is 2. The molecule has 0 spiro atoms. The zero-order chi connectivity index (χ0) is 14.3. The lowest BCUT2D eigenvalue weighted by Gasteiger charge is -2.21. The molecule has 5 heteroatoms.